The second-order valence-electron chi connectivity index (χ2n) is 9.86. The second kappa shape index (κ2) is 8.30. The quantitative estimate of drug-likeness (QED) is 0.627. The number of piperazine rings is 1. The van der Waals surface area contributed by atoms with E-state index < -0.39 is 29.3 Å². The van der Waals surface area contributed by atoms with Crippen molar-refractivity contribution in [3.05, 3.63) is 41.5 Å². The first-order chi connectivity index (χ1) is 15.7. The molecule has 34 heavy (non-hydrogen) atoms. The molecule has 3 heterocycles. The average Bonchev–Trinajstić information content (AvgIpc) is 3.14. The first kappa shape index (κ1) is 24.1. The third-order valence-electron chi connectivity index (χ3n) is 5.68. The van der Waals surface area contributed by atoms with Crippen molar-refractivity contribution in [3.63, 3.8) is 0 Å². The summed E-state index contributed by atoms with van der Waals surface area (Å²) in [5, 5.41) is 3.34. The zero-order chi connectivity index (χ0) is 25.0. The molecule has 0 saturated carbocycles. The summed E-state index contributed by atoms with van der Waals surface area (Å²) in [6.45, 7) is 9.76. The monoisotopic (exact) mass is 479 g/mol. The number of nitrogens with one attached hydrogen (secondary N) is 1. The van der Waals surface area contributed by atoms with Gasteiger partial charge in [-0.3, -0.25) is 9.47 Å². The number of benzene rings is 1. The maximum Gasteiger partial charge on any atom is 0.416 e. The van der Waals surface area contributed by atoms with E-state index in [1.165, 1.54) is 17.3 Å². The normalized spacial score (nSPS) is 20.6. The number of hydrogen-bond donors (Lipinski definition) is 1. The van der Waals surface area contributed by atoms with E-state index in [-0.39, 0.29) is 30.0 Å². The summed E-state index contributed by atoms with van der Waals surface area (Å²) >= 11 is 0. The van der Waals surface area contributed by atoms with Crippen molar-refractivity contribution in [2.75, 3.05) is 18.0 Å². The van der Waals surface area contributed by atoms with Crippen LogP contribution in [0.4, 0.5) is 23.7 Å². The Labute approximate surface area is 195 Å². The van der Waals surface area contributed by atoms with Crippen LogP contribution in [0, 0.1) is 0 Å². The zero-order valence-corrected chi connectivity index (χ0v) is 19.7. The minimum atomic E-state index is -4.57. The van der Waals surface area contributed by atoms with Gasteiger partial charge in [-0.2, -0.15) is 13.2 Å². The Hall–Kier alpha value is -3.08. The highest BCUT2D eigenvalue weighted by Crippen LogP contribution is 2.39. The van der Waals surface area contributed by atoms with E-state index in [9.17, 15) is 22.8 Å². The number of hydrogen-bond acceptors (Lipinski definition) is 5. The maximum absolute atomic E-state index is 13.6. The number of urea groups is 1. The molecule has 0 aliphatic carbocycles. The molecule has 2 atom stereocenters. The highest BCUT2D eigenvalue weighted by Gasteiger charge is 2.38. The Bertz CT molecular complexity index is 1110. The summed E-state index contributed by atoms with van der Waals surface area (Å²) in [4.78, 5) is 33.5. The van der Waals surface area contributed by atoms with Crippen LogP contribution in [-0.2, 0) is 17.5 Å². The van der Waals surface area contributed by atoms with Crippen LogP contribution >= 0.6 is 0 Å². The molecule has 11 heteroatoms. The number of esters is 1. The van der Waals surface area contributed by atoms with Gasteiger partial charge in [0, 0.05) is 25.2 Å². The van der Waals surface area contributed by atoms with Crippen LogP contribution < -0.4 is 10.2 Å². The SMILES string of the molecule is C[C@@H]1CN(C(=O)N2Cc3c(C(=O)OC(C)(C)C)ncn3-c3ccc(C(F)(F)F)cc32)C[C@@H](C)N1. The van der Waals surface area contributed by atoms with Crippen molar-refractivity contribution in [3.8, 4) is 5.69 Å². The number of fused-ring (bicyclic) bond motifs is 3. The lowest BCUT2D eigenvalue weighted by atomic mass is 10.1. The molecule has 0 bridgehead atoms. The third kappa shape index (κ3) is 4.61. The van der Waals surface area contributed by atoms with Crippen LogP contribution in [0.5, 0.6) is 0 Å². The predicted octanol–water partition coefficient (Wildman–Crippen LogP) is 3.97. The van der Waals surface area contributed by atoms with Crippen molar-refractivity contribution in [2.45, 2.75) is 65.0 Å². The van der Waals surface area contributed by atoms with Crippen molar-refractivity contribution >= 4 is 17.7 Å². The van der Waals surface area contributed by atoms with Gasteiger partial charge >= 0.3 is 18.2 Å². The molecule has 184 valence electrons. The first-order valence-corrected chi connectivity index (χ1v) is 11.1. The lowest BCUT2D eigenvalue weighted by Crippen LogP contribution is -2.58. The molecular weight excluding hydrogens is 451 g/mol. The molecule has 2 aromatic rings. The number of imidazole rings is 1. The molecule has 0 spiro atoms. The summed E-state index contributed by atoms with van der Waals surface area (Å²) < 4.78 is 47.5. The molecule has 1 aromatic heterocycles. The van der Waals surface area contributed by atoms with Gasteiger partial charge in [0.2, 0.25) is 0 Å². The molecule has 2 aliphatic heterocycles. The summed E-state index contributed by atoms with van der Waals surface area (Å²) in [5.41, 5.74) is -0.765. The number of nitrogens with zero attached hydrogens (tertiary/aromatic N) is 4. The Morgan fingerprint density at radius 2 is 1.74 bits per heavy atom. The van der Waals surface area contributed by atoms with Crippen LogP contribution in [0.1, 0.15) is 56.4 Å². The van der Waals surface area contributed by atoms with Crippen LogP contribution in [-0.4, -0.2) is 57.2 Å². The van der Waals surface area contributed by atoms with E-state index in [2.05, 4.69) is 10.3 Å². The van der Waals surface area contributed by atoms with Gasteiger partial charge in [0.1, 0.15) is 11.9 Å². The number of rotatable bonds is 1. The fraction of sp³-hybridized carbons (Fsp3) is 0.522. The van der Waals surface area contributed by atoms with Crippen molar-refractivity contribution in [2.24, 2.45) is 0 Å². The van der Waals surface area contributed by atoms with Gasteiger partial charge in [-0.1, -0.05) is 0 Å². The van der Waals surface area contributed by atoms with Gasteiger partial charge in [-0.05, 0) is 52.8 Å². The first-order valence-electron chi connectivity index (χ1n) is 11.1. The molecule has 2 amide bonds. The smallest absolute Gasteiger partial charge is 0.416 e. The zero-order valence-electron chi connectivity index (χ0n) is 19.7. The minimum Gasteiger partial charge on any atom is -0.455 e. The summed E-state index contributed by atoms with van der Waals surface area (Å²) in [6.07, 6.45) is -3.20. The van der Waals surface area contributed by atoms with E-state index in [1.807, 2.05) is 13.8 Å². The number of carbonyl (C=O) groups is 2. The summed E-state index contributed by atoms with van der Waals surface area (Å²) in [7, 11) is 0. The number of ether oxygens (including phenoxy) is 1. The number of amides is 2. The largest absolute Gasteiger partial charge is 0.455 e. The Kier molecular flexibility index (Phi) is 5.87. The van der Waals surface area contributed by atoms with Gasteiger partial charge in [0.05, 0.1) is 29.2 Å². The molecule has 0 unspecified atom stereocenters. The molecule has 1 N–H and O–H groups in total. The predicted molar refractivity (Wildman–Crippen MR) is 119 cm³/mol. The van der Waals surface area contributed by atoms with E-state index in [0.717, 1.165) is 12.1 Å². The van der Waals surface area contributed by atoms with Gasteiger partial charge in [0.15, 0.2) is 5.69 Å². The van der Waals surface area contributed by atoms with Crippen LogP contribution in [0.3, 0.4) is 0 Å². The molecule has 0 radical (unpaired) electrons. The molecule has 1 saturated heterocycles. The number of alkyl halides is 3. The van der Waals surface area contributed by atoms with Crippen LogP contribution in [0.15, 0.2) is 24.5 Å². The van der Waals surface area contributed by atoms with Gasteiger partial charge in [0.25, 0.3) is 0 Å². The van der Waals surface area contributed by atoms with Gasteiger partial charge < -0.3 is 15.0 Å². The number of anilines is 1. The van der Waals surface area contributed by atoms with Gasteiger partial charge in [-0.25, -0.2) is 14.6 Å². The summed E-state index contributed by atoms with van der Waals surface area (Å²) in [6, 6.07) is 2.85. The molecule has 4 rings (SSSR count). The third-order valence-corrected chi connectivity index (χ3v) is 5.68. The summed E-state index contributed by atoms with van der Waals surface area (Å²) in [5.74, 6) is -0.659. The standard InChI is InChI=1S/C23H28F3N5O3/c1-13-9-29(10-14(2)28-13)21(33)30-11-18-19(20(32)34-22(3,4)5)27-12-31(18)16-7-6-15(8-17(16)30)23(24,25)26/h6-8,12-14,28H,9-11H2,1-5H3/t13-,14-/m1/s1. The number of aromatic nitrogens is 2. The molecule has 2 aliphatic rings. The van der Waals surface area contributed by atoms with Crippen LogP contribution in [0.25, 0.3) is 5.69 Å². The van der Waals surface area contributed by atoms with E-state index in [0.29, 0.717) is 24.5 Å². The van der Waals surface area contributed by atoms with Crippen molar-refractivity contribution in [1.82, 2.24) is 19.8 Å². The molecular formula is C23H28F3N5O3. The Balaban J connectivity index is 1.79. The number of carbonyl (C=O) groups excluding carboxylic acids is 2. The highest BCUT2D eigenvalue weighted by molar-refractivity contribution is 5.97. The van der Waals surface area contributed by atoms with Crippen LogP contribution in [0.2, 0.25) is 0 Å². The van der Waals surface area contributed by atoms with E-state index in [1.54, 1.807) is 30.2 Å². The topological polar surface area (TPSA) is 79.7 Å². The minimum absolute atomic E-state index is 0.0281. The Morgan fingerprint density at radius 1 is 1.09 bits per heavy atom. The van der Waals surface area contributed by atoms with E-state index >= 15 is 0 Å². The Morgan fingerprint density at radius 3 is 2.32 bits per heavy atom. The lowest BCUT2D eigenvalue weighted by molar-refractivity contribution is -0.137. The van der Waals surface area contributed by atoms with Crippen molar-refractivity contribution < 1.29 is 27.5 Å². The average molecular weight is 480 g/mol. The number of halogens is 3. The fourth-order valence-electron chi connectivity index (χ4n) is 4.41. The van der Waals surface area contributed by atoms with Gasteiger partial charge in [-0.15, -0.1) is 0 Å². The van der Waals surface area contributed by atoms with E-state index in [4.69, 9.17) is 4.74 Å². The highest BCUT2D eigenvalue weighted by atomic mass is 19.4. The molecule has 1 fully saturated rings. The lowest BCUT2D eigenvalue weighted by Gasteiger charge is -2.40. The van der Waals surface area contributed by atoms with Crippen molar-refractivity contribution in [1.29, 1.82) is 0 Å². The molecule has 8 nitrogen and oxygen atoms in total. The maximum atomic E-state index is 13.6. The fourth-order valence-corrected chi connectivity index (χ4v) is 4.41. The second-order valence-corrected chi connectivity index (χ2v) is 9.86. The molecule has 1 aromatic carbocycles.